The number of halogens is 1. The van der Waals surface area contributed by atoms with Crippen molar-refractivity contribution in [1.29, 1.82) is 0 Å². The van der Waals surface area contributed by atoms with Crippen LogP contribution in [0.15, 0.2) is 54.6 Å². The van der Waals surface area contributed by atoms with Crippen molar-refractivity contribution >= 4 is 23.4 Å². The lowest BCUT2D eigenvalue weighted by Crippen LogP contribution is -2.51. The summed E-state index contributed by atoms with van der Waals surface area (Å²) in [6.45, 7) is 4.15. The number of amides is 2. The molecule has 0 bridgehead atoms. The molecule has 0 aliphatic carbocycles. The third-order valence-electron chi connectivity index (χ3n) is 4.24. The van der Waals surface area contributed by atoms with E-state index in [0.717, 1.165) is 5.56 Å². The Bertz CT molecular complexity index is 765. The van der Waals surface area contributed by atoms with Crippen LogP contribution in [0.2, 0.25) is 5.02 Å². The molecule has 0 saturated heterocycles. The lowest BCUT2D eigenvalue weighted by atomic mass is 10.0. The van der Waals surface area contributed by atoms with Gasteiger partial charge in [0.25, 0.3) is 5.91 Å². The molecule has 0 radical (unpaired) electrons. The number of hydrogen-bond donors (Lipinski definition) is 2. The van der Waals surface area contributed by atoms with E-state index in [1.807, 2.05) is 44.2 Å². The maximum Gasteiger partial charge on any atom is 0.253 e. The lowest BCUT2D eigenvalue weighted by Gasteiger charge is -2.29. The second-order valence-electron chi connectivity index (χ2n) is 6.64. The highest BCUT2D eigenvalue weighted by Gasteiger charge is 2.29. The van der Waals surface area contributed by atoms with Gasteiger partial charge in [-0.15, -0.1) is 0 Å². The third kappa shape index (κ3) is 5.81. The first-order chi connectivity index (χ1) is 12.9. The molecule has 2 aromatic rings. The van der Waals surface area contributed by atoms with Gasteiger partial charge in [0.2, 0.25) is 5.91 Å². The average Bonchev–Trinajstić information content (AvgIpc) is 2.66. The van der Waals surface area contributed by atoms with Gasteiger partial charge in [-0.3, -0.25) is 9.59 Å². The predicted molar refractivity (Wildman–Crippen MR) is 106 cm³/mol. The first-order valence-corrected chi connectivity index (χ1v) is 9.30. The second-order valence-corrected chi connectivity index (χ2v) is 7.05. The van der Waals surface area contributed by atoms with Crippen LogP contribution in [0.5, 0.6) is 0 Å². The van der Waals surface area contributed by atoms with Crippen LogP contribution in [0.1, 0.15) is 29.8 Å². The van der Waals surface area contributed by atoms with Crippen LogP contribution in [-0.2, 0) is 11.3 Å². The Morgan fingerprint density at radius 3 is 2.30 bits per heavy atom. The van der Waals surface area contributed by atoms with E-state index < -0.39 is 11.9 Å². The zero-order valence-electron chi connectivity index (χ0n) is 15.6. The molecule has 2 N–H and O–H groups in total. The van der Waals surface area contributed by atoms with Crippen molar-refractivity contribution in [3.8, 4) is 0 Å². The maximum absolute atomic E-state index is 13.1. The summed E-state index contributed by atoms with van der Waals surface area (Å²) in [5.41, 5.74) is 1.29. The minimum atomic E-state index is -0.718. The summed E-state index contributed by atoms with van der Waals surface area (Å²) in [6, 6.07) is 15.5. The van der Waals surface area contributed by atoms with Gasteiger partial charge in [-0.1, -0.05) is 67.9 Å². The molecule has 5 nitrogen and oxygen atoms in total. The molecule has 144 valence electrons. The third-order valence-corrected chi connectivity index (χ3v) is 4.57. The number of aliphatic hydroxyl groups excluding tert-OH is 1. The molecule has 2 amide bonds. The zero-order chi connectivity index (χ0) is 19.8. The molecule has 6 heteroatoms. The highest BCUT2D eigenvalue weighted by atomic mass is 35.5. The molecule has 0 heterocycles. The number of carbonyl (C=O) groups is 2. The minimum Gasteiger partial charge on any atom is -0.395 e. The highest BCUT2D eigenvalue weighted by Crippen LogP contribution is 2.16. The summed E-state index contributed by atoms with van der Waals surface area (Å²) >= 11 is 6.09. The Hall–Kier alpha value is -2.37. The van der Waals surface area contributed by atoms with E-state index in [-0.39, 0.29) is 25.0 Å². The Morgan fingerprint density at radius 2 is 1.70 bits per heavy atom. The summed E-state index contributed by atoms with van der Waals surface area (Å²) < 4.78 is 0. The summed E-state index contributed by atoms with van der Waals surface area (Å²) in [6.07, 6.45) is 0. The first-order valence-electron chi connectivity index (χ1n) is 8.93. The van der Waals surface area contributed by atoms with Gasteiger partial charge in [0.05, 0.1) is 17.2 Å². The van der Waals surface area contributed by atoms with E-state index in [2.05, 4.69) is 5.32 Å². The van der Waals surface area contributed by atoms with Crippen molar-refractivity contribution in [3.05, 3.63) is 70.7 Å². The van der Waals surface area contributed by atoms with Crippen molar-refractivity contribution in [2.45, 2.75) is 26.4 Å². The van der Waals surface area contributed by atoms with Gasteiger partial charge in [0.1, 0.15) is 6.04 Å². The summed E-state index contributed by atoms with van der Waals surface area (Å²) in [5, 5.41) is 12.5. The fourth-order valence-electron chi connectivity index (χ4n) is 2.77. The van der Waals surface area contributed by atoms with E-state index in [9.17, 15) is 14.7 Å². The summed E-state index contributed by atoms with van der Waals surface area (Å²) in [5.74, 6) is -0.750. The normalized spacial score (nSPS) is 11.9. The Kier molecular flexibility index (Phi) is 7.82. The minimum absolute atomic E-state index is 0.124. The van der Waals surface area contributed by atoms with Crippen LogP contribution in [0.25, 0.3) is 0 Å². The molecule has 0 aliphatic rings. The molecular weight excluding hydrogens is 364 g/mol. The summed E-state index contributed by atoms with van der Waals surface area (Å²) in [4.78, 5) is 27.3. The van der Waals surface area contributed by atoms with Gasteiger partial charge >= 0.3 is 0 Å². The van der Waals surface area contributed by atoms with Crippen LogP contribution < -0.4 is 5.32 Å². The molecule has 0 aromatic heterocycles. The Labute approximate surface area is 165 Å². The van der Waals surface area contributed by atoms with Crippen molar-refractivity contribution in [2.24, 2.45) is 5.92 Å². The zero-order valence-corrected chi connectivity index (χ0v) is 16.3. The van der Waals surface area contributed by atoms with Gasteiger partial charge in [-0.05, 0) is 23.6 Å². The van der Waals surface area contributed by atoms with E-state index in [1.54, 1.807) is 29.2 Å². The predicted octanol–water partition coefficient (Wildman–Crippen LogP) is 3.12. The molecule has 27 heavy (non-hydrogen) atoms. The lowest BCUT2D eigenvalue weighted by molar-refractivity contribution is -0.135. The number of aliphatic hydroxyl groups is 1. The van der Waals surface area contributed by atoms with Crippen LogP contribution in [0, 0.1) is 5.92 Å². The smallest absolute Gasteiger partial charge is 0.253 e. The monoisotopic (exact) mass is 388 g/mol. The Balaban J connectivity index is 2.18. The van der Waals surface area contributed by atoms with E-state index in [0.29, 0.717) is 17.1 Å². The number of hydrogen-bond acceptors (Lipinski definition) is 3. The van der Waals surface area contributed by atoms with Crippen LogP contribution in [0.4, 0.5) is 0 Å². The van der Waals surface area contributed by atoms with Gasteiger partial charge in [-0.25, -0.2) is 0 Å². The van der Waals surface area contributed by atoms with Gasteiger partial charge in [0.15, 0.2) is 0 Å². The second kappa shape index (κ2) is 10.1. The quantitative estimate of drug-likeness (QED) is 0.730. The van der Waals surface area contributed by atoms with Gasteiger partial charge < -0.3 is 15.3 Å². The average molecular weight is 389 g/mol. The number of nitrogens with one attached hydrogen (secondary N) is 1. The van der Waals surface area contributed by atoms with Crippen molar-refractivity contribution < 1.29 is 14.7 Å². The fourth-order valence-corrected chi connectivity index (χ4v) is 2.99. The molecule has 2 rings (SSSR count). The van der Waals surface area contributed by atoms with Crippen LogP contribution in [-0.4, -0.2) is 41.0 Å². The number of nitrogens with zero attached hydrogens (tertiary/aromatic N) is 1. The van der Waals surface area contributed by atoms with Crippen molar-refractivity contribution in [2.75, 3.05) is 13.2 Å². The SMILES string of the molecule is CC(C)C(NC(=O)c1ccccc1Cl)C(=O)N(CCO)Cc1ccccc1. The van der Waals surface area contributed by atoms with E-state index in [4.69, 9.17) is 11.6 Å². The van der Waals surface area contributed by atoms with Crippen molar-refractivity contribution in [1.82, 2.24) is 10.2 Å². The number of carbonyl (C=O) groups excluding carboxylic acids is 2. The molecular formula is C21H25ClN2O3. The topological polar surface area (TPSA) is 69.6 Å². The molecule has 1 unspecified atom stereocenters. The largest absolute Gasteiger partial charge is 0.395 e. The number of rotatable bonds is 8. The van der Waals surface area contributed by atoms with Crippen LogP contribution >= 0.6 is 11.6 Å². The van der Waals surface area contributed by atoms with Crippen LogP contribution in [0.3, 0.4) is 0 Å². The van der Waals surface area contributed by atoms with Gasteiger partial charge in [0, 0.05) is 13.1 Å². The first kappa shape index (κ1) is 20.9. The highest BCUT2D eigenvalue weighted by molar-refractivity contribution is 6.33. The standard InChI is InChI=1S/C21H25ClN2O3/c1-15(2)19(23-20(26)17-10-6-7-11-18(17)22)21(27)24(12-13-25)14-16-8-4-3-5-9-16/h3-11,15,19,25H,12-14H2,1-2H3,(H,23,26). The maximum atomic E-state index is 13.1. The molecule has 0 saturated carbocycles. The molecule has 0 aliphatic heterocycles. The summed E-state index contributed by atoms with van der Waals surface area (Å²) in [7, 11) is 0. The molecule has 0 fully saturated rings. The van der Waals surface area contributed by atoms with E-state index >= 15 is 0 Å². The van der Waals surface area contributed by atoms with Gasteiger partial charge in [-0.2, -0.15) is 0 Å². The Morgan fingerprint density at radius 1 is 1.07 bits per heavy atom. The number of benzene rings is 2. The van der Waals surface area contributed by atoms with E-state index in [1.165, 1.54) is 0 Å². The van der Waals surface area contributed by atoms with Crippen molar-refractivity contribution in [3.63, 3.8) is 0 Å². The molecule has 2 aromatic carbocycles. The molecule has 1 atom stereocenters. The fraction of sp³-hybridized carbons (Fsp3) is 0.333. The molecule has 0 spiro atoms.